The van der Waals surface area contributed by atoms with Gasteiger partial charge in [0.1, 0.15) is 5.82 Å². The van der Waals surface area contributed by atoms with E-state index >= 15 is 0 Å². The van der Waals surface area contributed by atoms with Crippen LogP contribution in [0, 0.1) is 15.9 Å². The minimum atomic E-state index is -0.580. The Bertz CT molecular complexity index is 344. The molecule has 0 fully saturated rings. The van der Waals surface area contributed by atoms with Crippen molar-refractivity contribution in [1.82, 2.24) is 0 Å². The smallest absolute Gasteiger partial charge is 0.258 e. The average molecular weight is 215 g/mol. The van der Waals surface area contributed by atoms with E-state index in [1.807, 2.05) is 6.92 Å². The third-order valence-electron chi connectivity index (χ3n) is 1.63. The molecule has 0 saturated carbocycles. The molecule has 3 nitrogen and oxygen atoms in total. The van der Waals surface area contributed by atoms with Gasteiger partial charge in [0.25, 0.3) is 5.69 Å². The molecule has 1 aromatic rings. The van der Waals surface area contributed by atoms with E-state index in [0.717, 1.165) is 11.8 Å². The highest BCUT2D eigenvalue weighted by Gasteiger charge is 2.09. The monoisotopic (exact) mass is 215 g/mol. The number of thioether (sulfide) groups is 1. The minimum absolute atomic E-state index is 0.184. The van der Waals surface area contributed by atoms with Crippen molar-refractivity contribution in [2.45, 2.75) is 12.7 Å². The van der Waals surface area contributed by atoms with E-state index in [1.165, 1.54) is 12.1 Å². The number of benzene rings is 1. The van der Waals surface area contributed by atoms with Gasteiger partial charge >= 0.3 is 0 Å². The molecule has 0 saturated heterocycles. The van der Waals surface area contributed by atoms with Crippen molar-refractivity contribution in [3.8, 4) is 0 Å². The molecule has 76 valence electrons. The second-order valence-corrected chi connectivity index (χ2v) is 3.99. The van der Waals surface area contributed by atoms with Gasteiger partial charge in [-0.15, -0.1) is 0 Å². The van der Waals surface area contributed by atoms with Crippen LogP contribution in [0.3, 0.4) is 0 Å². The molecule has 0 N–H and O–H groups in total. The molecule has 0 amide bonds. The van der Waals surface area contributed by atoms with E-state index < -0.39 is 10.7 Å². The highest BCUT2D eigenvalue weighted by atomic mass is 32.2. The number of non-ortho nitro benzene ring substituents is 1. The largest absolute Gasteiger partial charge is 0.272 e. The molecule has 0 bridgehead atoms. The number of rotatable bonds is 4. The Balaban J connectivity index is 2.89. The van der Waals surface area contributed by atoms with Gasteiger partial charge in [-0.1, -0.05) is 6.92 Å². The lowest BCUT2D eigenvalue weighted by Crippen LogP contribution is -1.92. The second-order valence-electron chi connectivity index (χ2n) is 2.71. The molecule has 5 heteroatoms. The maximum Gasteiger partial charge on any atom is 0.272 e. The molecule has 0 atom stereocenters. The van der Waals surface area contributed by atoms with Gasteiger partial charge in [0, 0.05) is 11.8 Å². The van der Waals surface area contributed by atoms with Gasteiger partial charge in [0.05, 0.1) is 11.0 Å². The first-order valence-electron chi connectivity index (χ1n) is 4.15. The second kappa shape index (κ2) is 4.95. The minimum Gasteiger partial charge on any atom is -0.258 e. The van der Waals surface area contributed by atoms with Crippen LogP contribution in [-0.4, -0.2) is 10.7 Å². The van der Waals surface area contributed by atoms with Gasteiger partial charge in [-0.3, -0.25) is 10.1 Å². The molecule has 0 aliphatic heterocycles. The number of hydrogen-bond donors (Lipinski definition) is 0. The SMILES string of the molecule is CCSCc1cc(F)cc([N+](=O)[O-])c1. The van der Waals surface area contributed by atoms with E-state index in [0.29, 0.717) is 11.3 Å². The van der Waals surface area contributed by atoms with Gasteiger partial charge in [-0.2, -0.15) is 11.8 Å². The van der Waals surface area contributed by atoms with Crippen molar-refractivity contribution in [2.24, 2.45) is 0 Å². The normalized spacial score (nSPS) is 10.1. The Kier molecular flexibility index (Phi) is 3.88. The summed E-state index contributed by atoms with van der Waals surface area (Å²) in [5.74, 6) is 0.963. The van der Waals surface area contributed by atoms with Crippen molar-refractivity contribution in [1.29, 1.82) is 0 Å². The van der Waals surface area contributed by atoms with E-state index in [1.54, 1.807) is 11.8 Å². The number of nitrogens with zero attached hydrogens (tertiary/aromatic N) is 1. The molecule has 0 spiro atoms. The Morgan fingerprint density at radius 2 is 2.21 bits per heavy atom. The third kappa shape index (κ3) is 2.99. The van der Waals surface area contributed by atoms with Crippen molar-refractivity contribution in [3.05, 3.63) is 39.7 Å². The van der Waals surface area contributed by atoms with Crippen LogP contribution >= 0.6 is 11.8 Å². The predicted octanol–water partition coefficient (Wildman–Crippen LogP) is 2.99. The molecule has 0 aliphatic rings. The molecular formula is C9H10FNO2S. The van der Waals surface area contributed by atoms with Crippen LogP contribution in [0.1, 0.15) is 12.5 Å². The van der Waals surface area contributed by atoms with Crippen LogP contribution in [0.5, 0.6) is 0 Å². The van der Waals surface area contributed by atoms with Crippen LogP contribution in [0.4, 0.5) is 10.1 Å². The summed E-state index contributed by atoms with van der Waals surface area (Å²) >= 11 is 1.60. The molecule has 14 heavy (non-hydrogen) atoms. The third-order valence-corrected chi connectivity index (χ3v) is 2.57. The van der Waals surface area contributed by atoms with Gasteiger partial charge in [0.15, 0.2) is 0 Å². The first-order valence-corrected chi connectivity index (χ1v) is 5.30. The molecule has 0 aliphatic carbocycles. The van der Waals surface area contributed by atoms with Gasteiger partial charge in [-0.05, 0) is 17.4 Å². The fourth-order valence-electron chi connectivity index (χ4n) is 1.04. The molecule has 0 unspecified atom stereocenters. The average Bonchev–Trinajstić information content (AvgIpc) is 2.14. The number of nitro benzene ring substituents is 1. The van der Waals surface area contributed by atoms with Crippen LogP contribution in [-0.2, 0) is 5.75 Å². The van der Waals surface area contributed by atoms with Gasteiger partial charge in [0.2, 0.25) is 0 Å². The first-order chi connectivity index (χ1) is 6.63. The molecule has 1 aromatic carbocycles. The van der Waals surface area contributed by atoms with Crippen molar-refractivity contribution in [2.75, 3.05) is 5.75 Å². The van der Waals surface area contributed by atoms with Crippen LogP contribution in [0.15, 0.2) is 18.2 Å². The Morgan fingerprint density at radius 3 is 2.79 bits per heavy atom. The van der Waals surface area contributed by atoms with E-state index in [-0.39, 0.29) is 5.69 Å². The Hall–Kier alpha value is -1.10. The molecule has 0 radical (unpaired) electrons. The maximum atomic E-state index is 12.9. The van der Waals surface area contributed by atoms with Gasteiger partial charge in [-0.25, -0.2) is 4.39 Å². The van der Waals surface area contributed by atoms with Crippen molar-refractivity contribution < 1.29 is 9.31 Å². The zero-order valence-electron chi connectivity index (χ0n) is 7.70. The summed E-state index contributed by atoms with van der Waals surface area (Å²) in [4.78, 5) is 9.83. The van der Waals surface area contributed by atoms with Crippen LogP contribution < -0.4 is 0 Å². The lowest BCUT2D eigenvalue weighted by atomic mass is 10.2. The zero-order valence-corrected chi connectivity index (χ0v) is 8.51. The summed E-state index contributed by atoms with van der Waals surface area (Å²) in [5.41, 5.74) is 0.472. The summed E-state index contributed by atoms with van der Waals surface area (Å²) in [6.07, 6.45) is 0. The fourth-order valence-corrected chi connectivity index (χ4v) is 1.65. The van der Waals surface area contributed by atoms with E-state index in [4.69, 9.17) is 0 Å². The summed E-state index contributed by atoms with van der Waals surface area (Å²) in [6, 6.07) is 3.67. The maximum absolute atomic E-state index is 12.9. The van der Waals surface area contributed by atoms with E-state index in [2.05, 4.69) is 0 Å². The summed E-state index contributed by atoms with van der Waals surface area (Å²) in [7, 11) is 0. The summed E-state index contributed by atoms with van der Waals surface area (Å²) < 4.78 is 12.9. The highest BCUT2D eigenvalue weighted by molar-refractivity contribution is 7.98. The predicted molar refractivity (Wildman–Crippen MR) is 54.9 cm³/mol. The number of hydrogen-bond acceptors (Lipinski definition) is 3. The van der Waals surface area contributed by atoms with Crippen LogP contribution in [0.2, 0.25) is 0 Å². The molecule has 0 aromatic heterocycles. The lowest BCUT2D eigenvalue weighted by molar-refractivity contribution is -0.385. The fraction of sp³-hybridized carbons (Fsp3) is 0.333. The van der Waals surface area contributed by atoms with Crippen molar-refractivity contribution in [3.63, 3.8) is 0 Å². The summed E-state index contributed by atoms with van der Waals surface area (Å²) in [6.45, 7) is 1.98. The molecule has 0 heterocycles. The topological polar surface area (TPSA) is 43.1 Å². The lowest BCUT2D eigenvalue weighted by Gasteiger charge is -2.00. The Morgan fingerprint density at radius 1 is 1.50 bits per heavy atom. The standard InChI is InChI=1S/C9H10FNO2S/c1-2-14-6-7-3-8(10)5-9(4-7)11(12)13/h3-5H,2,6H2,1H3. The first kappa shape index (κ1) is 11.0. The van der Waals surface area contributed by atoms with Gasteiger partial charge < -0.3 is 0 Å². The number of halogens is 1. The molecule has 1 rings (SSSR count). The summed E-state index contributed by atoms with van der Waals surface area (Å²) in [5, 5.41) is 10.4. The van der Waals surface area contributed by atoms with Crippen LogP contribution in [0.25, 0.3) is 0 Å². The quantitative estimate of drug-likeness (QED) is 0.572. The zero-order chi connectivity index (χ0) is 10.6. The van der Waals surface area contributed by atoms with Crippen molar-refractivity contribution >= 4 is 17.4 Å². The Labute approximate surface area is 85.5 Å². The number of nitro groups is 1. The molecular weight excluding hydrogens is 205 g/mol. The highest BCUT2D eigenvalue weighted by Crippen LogP contribution is 2.19. The van der Waals surface area contributed by atoms with E-state index in [9.17, 15) is 14.5 Å².